The van der Waals surface area contributed by atoms with E-state index in [4.69, 9.17) is 14.8 Å². The molecule has 0 spiro atoms. The highest BCUT2D eigenvalue weighted by Crippen LogP contribution is 2.19. The maximum Gasteiger partial charge on any atom is 0.214 e. The van der Waals surface area contributed by atoms with Crippen molar-refractivity contribution in [1.29, 1.82) is 5.26 Å². The molecule has 1 aliphatic heterocycles. The van der Waals surface area contributed by atoms with E-state index >= 15 is 0 Å². The number of hydroxylamine groups is 1. The molecular formula is C17H14FN3O2. The summed E-state index contributed by atoms with van der Waals surface area (Å²) in [6, 6.07) is 11.6. The second kappa shape index (κ2) is 7.01. The zero-order valence-corrected chi connectivity index (χ0v) is 12.3. The Balaban J connectivity index is 1.71. The van der Waals surface area contributed by atoms with E-state index in [0.29, 0.717) is 24.6 Å². The molecule has 0 radical (unpaired) electrons. The molecule has 2 aromatic rings. The first-order valence-corrected chi connectivity index (χ1v) is 7.09. The van der Waals surface area contributed by atoms with Gasteiger partial charge in [-0.2, -0.15) is 10.7 Å². The maximum absolute atomic E-state index is 13.8. The number of pyridine rings is 1. The molecule has 2 heterocycles. The molecular weight excluding hydrogens is 297 g/mol. The number of nitrogens with one attached hydrogen (secondary N) is 1. The van der Waals surface area contributed by atoms with E-state index in [2.05, 4.69) is 10.5 Å². The van der Waals surface area contributed by atoms with Gasteiger partial charge in [-0.15, -0.1) is 0 Å². The van der Waals surface area contributed by atoms with Crippen LogP contribution in [0.15, 0.2) is 42.5 Å². The van der Waals surface area contributed by atoms with Gasteiger partial charge in [0.15, 0.2) is 0 Å². The summed E-state index contributed by atoms with van der Waals surface area (Å²) in [4.78, 5) is 9.57. The lowest BCUT2D eigenvalue weighted by Gasteiger charge is -2.14. The van der Waals surface area contributed by atoms with Crippen molar-refractivity contribution in [2.24, 2.45) is 0 Å². The molecule has 0 fully saturated rings. The minimum absolute atomic E-state index is 0.0467. The average molecular weight is 311 g/mol. The molecule has 1 N–H and O–H groups in total. The van der Waals surface area contributed by atoms with Crippen molar-refractivity contribution in [3.8, 4) is 11.9 Å². The van der Waals surface area contributed by atoms with Gasteiger partial charge in [-0.05, 0) is 18.2 Å². The predicted molar refractivity (Wildman–Crippen MR) is 81.6 cm³/mol. The molecule has 6 heteroatoms. The molecule has 5 nitrogen and oxygen atoms in total. The van der Waals surface area contributed by atoms with E-state index in [0.717, 1.165) is 11.3 Å². The van der Waals surface area contributed by atoms with Crippen molar-refractivity contribution in [3.05, 3.63) is 65.1 Å². The third-order valence-corrected chi connectivity index (χ3v) is 3.37. The van der Waals surface area contributed by atoms with Crippen LogP contribution in [0.2, 0.25) is 0 Å². The largest absolute Gasteiger partial charge is 0.473 e. The van der Waals surface area contributed by atoms with Crippen LogP contribution in [0.25, 0.3) is 5.57 Å². The first-order chi connectivity index (χ1) is 11.3. The number of halogens is 1. The SMILES string of the molecule is N#Cc1ccc(COc2cccc(C3=CCNOC3)n2)c(F)c1. The average Bonchev–Trinajstić information content (AvgIpc) is 2.61. The number of nitriles is 1. The van der Waals surface area contributed by atoms with E-state index in [1.807, 2.05) is 24.3 Å². The van der Waals surface area contributed by atoms with Gasteiger partial charge < -0.3 is 4.74 Å². The molecule has 0 aliphatic carbocycles. The first-order valence-electron chi connectivity index (χ1n) is 7.09. The number of aromatic nitrogens is 1. The van der Waals surface area contributed by atoms with Crippen LogP contribution in [-0.4, -0.2) is 18.1 Å². The van der Waals surface area contributed by atoms with E-state index < -0.39 is 5.82 Å². The lowest BCUT2D eigenvalue weighted by atomic mass is 10.1. The Morgan fingerprint density at radius 1 is 1.35 bits per heavy atom. The third kappa shape index (κ3) is 3.72. The van der Waals surface area contributed by atoms with Gasteiger partial charge in [0.05, 0.1) is 23.9 Å². The second-order valence-corrected chi connectivity index (χ2v) is 4.93. The van der Waals surface area contributed by atoms with Gasteiger partial charge in [0, 0.05) is 23.7 Å². The van der Waals surface area contributed by atoms with Crippen LogP contribution in [0.5, 0.6) is 5.88 Å². The molecule has 1 aromatic carbocycles. The summed E-state index contributed by atoms with van der Waals surface area (Å²) in [7, 11) is 0. The number of hydrogen-bond acceptors (Lipinski definition) is 5. The Labute approximate surface area is 132 Å². The molecule has 0 bridgehead atoms. The smallest absolute Gasteiger partial charge is 0.214 e. The third-order valence-electron chi connectivity index (χ3n) is 3.37. The van der Waals surface area contributed by atoms with Crippen molar-refractivity contribution in [1.82, 2.24) is 10.5 Å². The Hall–Kier alpha value is -2.75. The molecule has 1 aromatic heterocycles. The molecule has 0 saturated carbocycles. The number of nitrogens with zero attached hydrogens (tertiary/aromatic N) is 2. The zero-order chi connectivity index (χ0) is 16.1. The number of benzene rings is 1. The molecule has 0 amide bonds. The lowest BCUT2D eigenvalue weighted by Crippen LogP contribution is -2.21. The van der Waals surface area contributed by atoms with Crippen LogP contribution in [0.4, 0.5) is 4.39 Å². The summed E-state index contributed by atoms with van der Waals surface area (Å²) in [5, 5.41) is 8.74. The van der Waals surface area contributed by atoms with Crippen LogP contribution in [0.1, 0.15) is 16.8 Å². The van der Waals surface area contributed by atoms with E-state index in [-0.39, 0.29) is 12.2 Å². The van der Waals surface area contributed by atoms with Gasteiger partial charge in [-0.25, -0.2) is 9.37 Å². The van der Waals surface area contributed by atoms with E-state index in [9.17, 15) is 4.39 Å². The summed E-state index contributed by atoms with van der Waals surface area (Å²) in [5.74, 6) is -0.0552. The summed E-state index contributed by atoms with van der Waals surface area (Å²) in [6.07, 6.45) is 2.00. The van der Waals surface area contributed by atoms with Gasteiger partial charge in [0.1, 0.15) is 12.4 Å². The highest BCUT2D eigenvalue weighted by molar-refractivity contribution is 5.64. The number of rotatable bonds is 4. The highest BCUT2D eigenvalue weighted by Gasteiger charge is 2.10. The topological polar surface area (TPSA) is 67.2 Å². The number of ether oxygens (including phenoxy) is 1. The monoisotopic (exact) mass is 311 g/mol. The first kappa shape index (κ1) is 15.2. The fraction of sp³-hybridized carbons (Fsp3) is 0.176. The fourth-order valence-corrected chi connectivity index (χ4v) is 2.15. The quantitative estimate of drug-likeness (QED) is 0.940. The van der Waals surface area contributed by atoms with Crippen molar-refractivity contribution in [2.45, 2.75) is 6.61 Å². The Morgan fingerprint density at radius 3 is 3.00 bits per heavy atom. The summed E-state index contributed by atoms with van der Waals surface area (Å²) < 4.78 is 19.4. The van der Waals surface area contributed by atoms with Gasteiger partial charge in [0.25, 0.3) is 0 Å². The zero-order valence-electron chi connectivity index (χ0n) is 12.3. The van der Waals surface area contributed by atoms with Crippen LogP contribution in [0.3, 0.4) is 0 Å². The normalized spacial score (nSPS) is 14.0. The van der Waals surface area contributed by atoms with Crippen LogP contribution in [-0.2, 0) is 11.4 Å². The van der Waals surface area contributed by atoms with E-state index in [1.54, 1.807) is 18.2 Å². The molecule has 1 aliphatic rings. The molecule has 0 saturated heterocycles. The Kier molecular flexibility index (Phi) is 4.62. The molecule has 116 valence electrons. The summed E-state index contributed by atoms with van der Waals surface area (Å²) >= 11 is 0. The molecule has 0 unspecified atom stereocenters. The van der Waals surface area contributed by atoms with Gasteiger partial charge in [0.2, 0.25) is 5.88 Å². The van der Waals surface area contributed by atoms with Gasteiger partial charge in [-0.3, -0.25) is 4.84 Å². The second-order valence-electron chi connectivity index (χ2n) is 4.93. The van der Waals surface area contributed by atoms with Crippen molar-refractivity contribution in [3.63, 3.8) is 0 Å². The maximum atomic E-state index is 13.8. The van der Waals surface area contributed by atoms with Crippen LogP contribution < -0.4 is 10.2 Å². The number of hydrogen-bond donors (Lipinski definition) is 1. The fourth-order valence-electron chi connectivity index (χ4n) is 2.15. The minimum Gasteiger partial charge on any atom is -0.473 e. The van der Waals surface area contributed by atoms with Crippen LogP contribution >= 0.6 is 0 Å². The van der Waals surface area contributed by atoms with E-state index in [1.165, 1.54) is 6.07 Å². The van der Waals surface area contributed by atoms with Gasteiger partial charge >= 0.3 is 0 Å². The van der Waals surface area contributed by atoms with Crippen molar-refractivity contribution < 1.29 is 14.0 Å². The molecule has 23 heavy (non-hydrogen) atoms. The van der Waals surface area contributed by atoms with Crippen molar-refractivity contribution in [2.75, 3.05) is 13.2 Å². The lowest BCUT2D eigenvalue weighted by molar-refractivity contribution is 0.0676. The molecule has 0 atom stereocenters. The predicted octanol–water partition coefficient (Wildman–Crippen LogP) is 2.59. The summed E-state index contributed by atoms with van der Waals surface area (Å²) in [5.41, 5.74) is 5.16. The van der Waals surface area contributed by atoms with Crippen LogP contribution in [0, 0.1) is 17.1 Å². The van der Waals surface area contributed by atoms with Gasteiger partial charge in [-0.1, -0.05) is 18.2 Å². The standard InChI is InChI=1S/C17H14FN3O2/c18-15-8-12(9-19)4-5-13(15)10-22-17-3-1-2-16(21-17)14-6-7-20-23-11-14/h1-6,8,20H,7,10-11H2. The van der Waals surface area contributed by atoms with Crippen molar-refractivity contribution >= 4 is 5.57 Å². The summed E-state index contributed by atoms with van der Waals surface area (Å²) in [6.45, 7) is 1.10. The highest BCUT2D eigenvalue weighted by atomic mass is 19.1. The Morgan fingerprint density at radius 2 is 2.26 bits per heavy atom. The Bertz CT molecular complexity index is 784. The molecule has 3 rings (SSSR count). The minimum atomic E-state index is -0.463.